The van der Waals surface area contributed by atoms with E-state index in [0.717, 1.165) is 44.5 Å². The summed E-state index contributed by atoms with van der Waals surface area (Å²) in [6.07, 6.45) is 0. The largest absolute Gasteiger partial charge is 0.435 e. The van der Waals surface area contributed by atoms with Gasteiger partial charge in [-0.1, -0.05) is 133 Å². The standard InChI is InChI=1S/C49H32N2O/c1-2-14-35(15-3-1)49-50-47-29-26-38-32-41(27-28-46(38)48(47)52-49)51(39-20-8-18-36(30-39)44-24-10-16-33-12-4-6-22-42(33)44)40-21-9-19-37(31-40)45-25-11-17-34-13-5-7-23-43(34)45/h1-32H. The van der Waals surface area contributed by atoms with Gasteiger partial charge in [0.25, 0.3) is 0 Å². The summed E-state index contributed by atoms with van der Waals surface area (Å²) in [7, 11) is 0. The maximum Gasteiger partial charge on any atom is 0.227 e. The van der Waals surface area contributed by atoms with Crippen LogP contribution in [0.25, 0.3) is 77.1 Å². The SMILES string of the molecule is c1ccc(-c2nc3ccc4cc(N(c5cccc(-c6cccc7ccccc67)c5)c5cccc(-c6cccc7ccccc67)c5)ccc4c3o2)cc1. The van der Waals surface area contributed by atoms with Crippen molar-refractivity contribution in [3.8, 4) is 33.7 Å². The van der Waals surface area contributed by atoms with Crippen molar-refractivity contribution in [3.05, 3.63) is 194 Å². The Bertz CT molecular complexity index is 2790. The minimum atomic E-state index is 0.629. The van der Waals surface area contributed by atoms with Gasteiger partial charge >= 0.3 is 0 Å². The average Bonchev–Trinajstić information content (AvgIpc) is 3.66. The van der Waals surface area contributed by atoms with Gasteiger partial charge in [-0.25, -0.2) is 4.98 Å². The second kappa shape index (κ2) is 12.4. The molecule has 0 atom stereocenters. The van der Waals surface area contributed by atoms with Crippen LogP contribution in [0.1, 0.15) is 0 Å². The second-order valence-electron chi connectivity index (χ2n) is 13.2. The lowest BCUT2D eigenvalue weighted by Crippen LogP contribution is -2.10. The minimum Gasteiger partial charge on any atom is -0.435 e. The van der Waals surface area contributed by atoms with Gasteiger partial charge in [0.05, 0.1) is 0 Å². The molecule has 0 saturated carbocycles. The van der Waals surface area contributed by atoms with E-state index in [0.29, 0.717) is 5.89 Å². The number of fused-ring (bicyclic) bond motifs is 5. The van der Waals surface area contributed by atoms with Gasteiger partial charge in [-0.15, -0.1) is 0 Å². The highest BCUT2D eigenvalue weighted by molar-refractivity contribution is 6.05. The van der Waals surface area contributed by atoms with Gasteiger partial charge in [0.15, 0.2) is 5.58 Å². The first-order chi connectivity index (χ1) is 25.8. The molecule has 0 aliphatic rings. The van der Waals surface area contributed by atoms with Crippen molar-refractivity contribution in [1.82, 2.24) is 4.98 Å². The molecule has 0 N–H and O–H groups in total. The second-order valence-corrected chi connectivity index (χ2v) is 13.2. The predicted octanol–water partition coefficient (Wildman–Crippen LogP) is 13.8. The molecule has 52 heavy (non-hydrogen) atoms. The Kier molecular flexibility index (Phi) is 7.14. The van der Waals surface area contributed by atoms with Crippen LogP contribution < -0.4 is 4.90 Å². The molecule has 10 aromatic rings. The molecule has 3 nitrogen and oxygen atoms in total. The Morgan fingerprint density at radius 2 is 0.904 bits per heavy atom. The van der Waals surface area contributed by atoms with Gasteiger partial charge in [0, 0.05) is 28.0 Å². The Hall–Kier alpha value is -6.97. The van der Waals surface area contributed by atoms with Crippen molar-refractivity contribution in [3.63, 3.8) is 0 Å². The quantitative estimate of drug-likeness (QED) is 0.177. The third kappa shape index (κ3) is 5.19. The Morgan fingerprint density at radius 3 is 1.56 bits per heavy atom. The summed E-state index contributed by atoms with van der Waals surface area (Å²) < 4.78 is 6.41. The Balaban J connectivity index is 1.15. The molecule has 9 aromatic carbocycles. The molecule has 0 fully saturated rings. The van der Waals surface area contributed by atoms with E-state index in [1.54, 1.807) is 0 Å². The zero-order valence-corrected chi connectivity index (χ0v) is 28.3. The van der Waals surface area contributed by atoms with Crippen molar-refractivity contribution < 1.29 is 4.42 Å². The van der Waals surface area contributed by atoms with Crippen LogP contribution in [0.15, 0.2) is 199 Å². The van der Waals surface area contributed by atoms with Gasteiger partial charge in [-0.05, 0) is 110 Å². The third-order valence-corrected chi connectivity index (χ3v) is 10.0. The fraction of sp³-hybridized carbons (Fsp3) is 0. The molecule has 0 spiro atoms. The van der Waals surface area contributed by atoms with Crippen LogP contribution in [0.2, 0.25) is 0 Å². The molecule has 0 amide bonds. The molecule has 0 unspecified atom stereocenters. The molecule has 1 aromatic heterocycles. The molecule has 0 aliphatic carbocycles. The zero-order valence-electron chi connectivity index (χ0n) is 28.3. The van der Waals surface area contributed by atoms with Crippen molar-refractivity contribution in [2.45, 2.75) is 0 Å². The van der Waals surface area contributed by atoms with Gasteiger partial charge in [0.1, 0.15) is 5.52 Å². The number of hydrogen-bond acceptors (Lipinski definition) is 3. The van der Waals surface area contributed by atoms with E-state index in [4.69, 9.17) is 9.40 Å². The number of nitrogens with zero attached hydrogens (tertiary/aromatic N) is 2. The fourth-order valence-corrected chi connectivity index (χ4v) is 7.57. The molecule has 0 saturated heterocycles. The lowest BCUT2D eigenvalue weighted by Gasteiger charge is -2.27. The van der Waals surface area contributed by atoms with Gasteiger partial charge in [-0.2, -0.15) is 0 Å². The van der Waals surface area contributed by atoms with Crippen LogP contribution in [-0.4, -0.2) is 4.98 Å². The van der Waals surface area contributed by atoms with Crippen LogP contribution >= 0.6 is 0 Å². The van der Waals surface area contributed by atoms with Crippen molar-refractivity contribution in [2.75, 3.05) is 4.90 Å². The molecule has 10 rings (SSSR count). The van der Waals surface area contributed by atoms with Crippen LogP contribution in [0.4, 0.5) is 17.1 Å². The summed E-state index contributed by atoms with van der Waals surface area (Å²) in [6.45, 7) is 0. The van der Waals surface area contributed by atoms with Crippen LogP contribution in [0, 0.1) is 0 Å². The summed E-state index contributed by atoms with van der Waals surface area (Å²) in [6, 6.07) is 69.0. The first-order valence-electron chi connectivity index (χ1n) is 17.6. The predicted molar refractivity (Wildman–Crippen MR) is 218 cm³/mol. The number of rotatable bonds is 6. The molecule has 0 aliphatic heterocycles. The molecule has 0 radical (unpaired) electrons. The van der Waals surface area contributed by atoms with Crippen LogP contribution in [0.5, 0.6) is 0 Å². The molecule has 3 heteroatoms. The number of hydrogen-bond donors (Lipinski definition) is 0. The molecule has 0 bridgehead atoms. The van der Waals surface area contributed by atoms with E-state index in [1.165, 1.54) is 43.8 Å². The first-order valence-corrected chi connectivity index (χ1v) is 17.6. The highest BCUT2D eigenvalue weighted by Crippen LogP contribution is 2.42. The number of aromatic nitrogens is 1. The maximum atomic E-state index is 6.41. The maximum absolute atomic E-state index is 6.41. The third-order valence-electron chi connectivity index (χ3n) is 10.0. The van der Waals surface area contributed by atoms with E-state index in [2.05, 4.69) is 169 Å². The minimum absolute atomic E-state index is 0.629. The number of benzene rings is 9. The van der Waals surface area contributed by atoms with Gasteiger partial charge in [-0.3, -0.25) is 0 Å². The van der Waals surface area contributed by atoms with Gasteiger partial charge < -0.3 is 9.32 Å². The van der Waals surface area contributed by atoms with Crippen molar-refractivity contribution >= 4 is 60.5 Å². The highest BCUT2D eigenvalue weighted by atomic mass is 16.3. The smallest absolute Gasteiger partial charge is 0.227 e. The van der Waals surface area contributed by atoms with E-state index in [9.17, 15) is 0 Å². The lowest BCUT2D eigenvalue weighted by molar-refractivity contribution is 0.623. The van der Waals surface area contributed by atoms with Crippen molar-refractivity contribution in [1.29, 1.82) is 0 Å². The molecular formula is C49H32N2O. The Morgan fingerprint density at radius 1 is 0.365 bits per heavy atom. The monoisotopic (exact) mass is 664 g/mol. The Labute approximate surface area is 301 Å². The lowest BCUT2D eigenvalue weighted by atomic mass is 9.96. The average molecular weight is 665 g/mol. The van der Waals surface area contributed by atoms with E-state index in [1.807, 2.05) is 30.3 Å². The van der Waals surface area contributed by atoms with E-state index < -0.39 is 0 Å². The molecule has 1 heterocycles. The van der Waals surface area contributed by atoms with Crippen LogP contribution in [-0.2, 0) is 0 Å². The summed E-state index contributed by atoms with van der Waals surface area (Å²) in [5.74, 6) is 0.629. The number of anilines is 3. The number of oxazole rings is 1. The highest BCUT2D eigenvalue weighted by Gasteiger charge is 2.18. The summed E-state index contributed by atoms with van der Waals surface area (Å²) >= 11 is 0. The van der Waals surface area contributed by atoms with Gasteiger partial charge in [0.2, 0.25) is 5.89 Å². The topological polar surface area (TPSA) is 29.3 Å². The molecule has 244 valence electrons. The van der Waals surface area contributed by atoms with Crippen LogP contribution in [0.3, 0.4) is 0 Å². The zero-order chi connectivity index (χ0) is 34.4. The first kappa shape index (κ1) is 29.9. The van der Waals surface area contributed by atoms with Crippen molar-refractivity contribution in [2.24, 2.45) is 0 Å². The van der Waals surface area contributed by atoms with E-state index >= 15 is 0 Å². The van der Waals surface area contributed by atoms with E-state index in [-0.39, 0.29) is 0 Å². The fourth-order valence-electron chi connectivity index (χ4n) is 7.57. The summed E-state index contributed by atoms with van der Waals surface area (Å²) in [4.78, 5) is 7.19. The normalized spacial score (nSPS) is 11.5. The summed E-state index contributed by atoms with van der Waals surface area (Å²) in [5.41, 5.74) is 10.6. The summed E-state index contributed by atoms with van der Waals surface area (Å²) in [5, 5.41) is 7.06. The molecular weight excluding hydrogens is 633 g/mol.